The van der Waals surface area contributed by atoms with Crippen molar-refractivity contribution in [2.45, 2.75) is 33.7 Å². The van der Waals surface area contributed by atoms with E-state index in [2.05, 4.69) is 54.0 Å². The summed E-state index contributed by atoms with van der Waals surface area (Å²) in [5, 5.41) is 3.55. The van der Waals surface area contributed by atoms with Crippen LogP contribution in [0.25, 0.3) is 0 Å². The number of aromatic nitrogens is 1. The molecule has 1 aliphatic rings. The molecule has 0 spiro atoms. The molecule has 0 amide bonds. The van der Waals surface area contributed by atoms with Crippen LogP contribution in [0, 0.1) is 12.8 Å². The molecule has 0 radical (unpaired) electrons. The third-order valence-corrected chi connectivity index (χ3v) is 4.03. The Hall–Kier alpha value is -1.13. The molecule has 1 fully saturated rings. The van der Waals surface area contributed by atoms with E-state index in [1.807, 2.05) is 6.20 Å². The summed E-state index contributed by atoms with van der Waals surface area (Å²) >= 11 is 0. The van der Waals surface area contributed by atoms with Crippen LogP contribution in [0.2, 0.25) is 0 Å². The van der Waals surface area contributed by atoms with Crippen molar-refractivity contribution in [1.82, 2.24) is 15.2 Å². The average molecular weight is 290 g/mol. The van der Waals surface area contributed by atoms with Crippen LogP contribution < -0.4 is 10.2 Å². The van der Waals surface area contributed by atoms with E-state index >= 15 is 0 Å². The summed E-state index contributed by atoms with van der Waals surface area (Å²) in [4.78, 5) is 9.45. The van der Waals surface area contributed by atoms with Gasteiger partial charge in [0.1, 0.15) is 0 Å². The first-order chi connectivity index (χ1) is 10.1. The van der Waals surface area contributed by atoms with E-state index in [9.17, 15) is 0 Å². The molecule has 1 aromatic rings. The molecule has 118 valence electrons. The summed E-state index contributed by atoms with van der Waals surface area (Å²) in [6.45, 7) is 13.1. The number of rotatable bonds is 5. The maximum Gasteiger partial charge on any atom is 0.0446 e. The van der Waals surface area contributed by atoms with Gasteiger partial charge >= 0.3 is 0 Å². The molecule has 4 nitrogen and oxygen atoms in total. The minimum absolute atomic E-state index is 0.679. The molecule has 0 aliphatic carbocycles. The van der Waals surface area contributed by atoms with E-state index in [0.717, 1.165) is 38.4 Å². The molecule has 0 bridgehead atoms. The second-order valence-corrected chi connectivity index (χ2v) is 6.62. The first-order valence-corrected chi connectivity index (χ1v) is 8.16. The number of aryl methyl sites for hydroxylation is 1. The van der Waals surface area contributed by atoms with E-state index in [0.29, 0.717) is 5.92 Å². The lowest BCUT2D eigenvalue weighted by Gasteiger charge is -2.26. The van der Waals surface area contributed by atoms with Crippen molar-refractivity contribution in [3.8, 4) is 0 Å². The van der Waals surface area contributed by atoms with E-state index in [-0.39, 0.29) is 0 Å². The van der Waals surface area contributed by atoms with Crippen LogP contribution in [0.5, 0.6) is 0 Å². The van der Waals surface area contributed by atoms with Gasteiger partial charge in [-0.15, -0.1) is 0 Å². The number of nitrogens with zero attached hydrogens (tertiary/aromatic N) is 3. The number of likely N-dealkylation sites (N-methyl/N-ethyl adjacent to an activating group) is 1. The zero-order valence-electron chi connectivity index (χ0n) is 14.0. The predicted molar refractivity (Wildman–Crippen MR) is 89.8 cm³/mol. The molecule has 1 aromatic heterocycles. The number of nitrogens with one attached hydrogen (secondary N) is 1. The summed E-state index contributed by atoms with van der Waals surface area (Å²) in [5.74, 6) is 0.679. The lowest BCUT2D eigenvalue weighted by molar-refractivity contribution is 0.360. The second-order valence-electron chi connectivity index (χ2n) is 6.62. The fourth-order valence-corrected chi connectivity index (χ4v) is 2.79. The van der Waals surface area contributed by atoms with Crippen molar-refractivity contribution in [2.75, 3.05) is 44.7 Å². The molecule has 4 heteroatoms. The molecule has 0 aromatic carbocycles. The summed E-state index contributed by atoms with van der Waals surface area (Å²) in [6, 6.07) is 2.25. The number of hydrogen-bond acceptors (Lipinski definition) is 4. The lowest BCUT2D eigenvalue weighted by atomic mass is 10.1. The molecule has 2 heterocycles. The zero-order chi connectivity index (χ0) is 15.2. The van der Waals surface area contributed by atoms with E-state index in [1.54, 1.807) is 0 Å². The van der Waals surface area contributed by atoms with Gasteiger partial charge in [-0.25, -0.2) is 0 Å². The van der Waals surface area contributed by atoms with Crippen molar-refractivity contribution >= 4 is 5.69 Å². The Bertz CT molecular complexity index is 444. The molecule has 2 rings (SSSR count). The maximum atomic E-state index is 4.49. The smallest absolute Gasteiger partial charge is 0.0446 e. The largest absolute Gasteiger partial charge is 0.370 e. The topological polar surface area (TPSA) is 31.4 Å². The number of hydrogen-bond donors (Lipinski definition) is 1. The van der Waals surface area contributed by atoms with Crippen molar-refractivity contribution in [3.63, 3.8) is 0 Å². The Morgan fingerprint density at radius 1 is 1.24 bits per heavy atom. The summed E-state index contributed by atoms with van der Waals surface area (Å²) in [7, 11) is 2.21. The highest BCUT2D eigenvalue weighted by Gasteiger charge is 2.16. The minimum Gasteiger partial charge on any atom is -0.370 e. The van der Waals surface area contributed by atoms with Gasteiger partial charge in [-0.2, -0.15) is 0 Å². The van der Waals surface area contributed by atoms with Gasteiger partial charge in [0.2, 0.25) is 0 Å². The van der Waals surface area contributed by atoms with E-state index in [1.165, 1.54) is 24.2 Å². The first kappa shape index (κ1) is 16.2. The Kier molecular flexibility index (Phi) is 6.00. The maximum absolute atomic E-state index is 4.49. The molecular formula is C17H30N4. The van der Waals surface area contributed by atoms with Crippen molar-refractivity contribution < 1.29 is 0 Å². The average Bonchev–Trinajstić information content (AvgIpc) is 2.65. The van der Waals surface area contributed by atoms with E-state index in [4.69, 9.17) is 0 Å². The first-order valence-electron chi connectivity index (χ1n) is 8.16. The summed E-state index contributed by atoms with van der Waals surface area (Å²) in [5.41, 5.74) is 3.80. The molecule has 0 saturated carbocycles. The van der Waals surface area contributed by atoms with Crippen molar-refractivity contribution in [3.05, 3.63) is 23.5 Å². The quantitative estimate of drug-likeness (QED) is 0.901. The molecule has 21 heavy (non-hydrogen) atoms. The van der Waals surface area contributed by atoms with Gasteiger partial charge in [-0.3, -0.25) is 4.98 Å². The van der Waals surface area contributed by atoms with Gasteiger partial charge < -0.3 is 15.1 Å². The Morgan fingerprint density at radius 3 is 2.81 bits per heavy atom. The SMILES string of the molecule is Cc1cc(N2CCCN(C)CC2)c(CNCC(C)C)cn1. The fourth-order valence-electron chi connectivity index (χ4n) is 2.79. The van der Waals surface area contributed by atoms with Crippen LogP contribution in [0.1, 0.15) is 31.5 Å². The van der Waals surface area contributed by atoms with E-state index < -0.39 is 0 Å². The van der Waals surface area contributed by atoms with Gasteiger partial charge in [0, 0.05) is 49.3 Å². The molecule has 1 aliphatic heterocycles. The van der Waals surface area contributed by atoms with Crippen LogP contribution >= 0.6 is 0 Å². The fraction of sp³-hybridized carbons (Fsp3) is 0.706. The molecule has 1 N–H and O–H groups in total. The molecule has 1 saturated heterocycles. The lowest BCUT2D eigenvalue weighted by Crippen LogP contribution is -2.30. The van der Waals surface area contributed by atoms with Gasteiger partial charge in [0.15, 0.2) is 0 Å². The van der Waals surface area contributed by atoms with Crippen LogP contribution in [-0.2, 0) is 6.54 Å². The van der Waals surface area contributed by atoms with Gasteiger partial charge in [0.25, 0.3) is 0 Å². The third-order valence-electron chi connectivity index (χ3n) is 4.03. The monoisotopic (exact) mass is 290 g/mol. The second kappa shape index (κ2) is 7.76. The molecule has 0 atom stereocenters. The Labute approximate surface area is 129 Å². The van der Waals surface area contributed by atoms with Crippen LogP contribution in [-0.4, -0.2) is 49.7 Å². The predicted octanol–water partition coefficient (Wildman–Crippen LogP) is 2.28. The van der Waals surface area contributed by atoms with Crippen molar-refractivity contribution in [2.24, 2.45) is 5.92 Å². The van der Waals surface area contributed by atoms with Gasteiger partial charge in [-0.1, -0.05) is 13.8 Å². The van der Waals surface area contributed by atoms with Gasteiger partial charge in [0.05, 0.1) is 0 Å². The number of pyridine rings is 1. The highest BCUT2D eigenvalue weighted by Crippen LogP contribution is 2.22. The zero-order valence-corrected chi connectivity index (χ0v) is 14.0. The normalized spacial score (nSPS) is 17.3. The molecule has 0 unspecified atom stereocenters. The summed E-state index contributed by atoms with van der Waals surface area (Å²) < 4.78 is 0. The van der Waals surface area contributed by atoms with Crippen LogP contribution in [0.4, 0.5) is 5.69 Å². The van der Waals surface area contributed by atoms with Crippen LogP contribution in [0.3, 0.4) is 0 Å². The van der Waals surface area contributed by atoms with Crippen LogP contribution in [0.15, 0.2) is 12.3 Å². The standard InChI is InChI=1S/C17H30N4/c1-14(2)11-18-12-16-13-19-15(3)10-17(16)21-7-5-6-20(4)8-9-21/h10,13-14,18H,5-9,11-12H2,1-4H3. The Balaban J connectivity index is 2.10. The van der Waals surface area contributed by atoms with Gasteiger partial charge in [-0.05, 0) is 45.5 Å². The minimum atomic E-state index is 0.679. The summed E-state index contributed by atoms with van der Waals surface area (Å²) in [6.07, 6.45) is 3.28. The number of anilines is 1. The third kappa shape index (κ3) is 4.97. The molecular weight excluding hydrogens is 260 g/mol. The van der Waals surface area contributed by atoms with Crippen molar-refractivity contribution in [1.29, 1.82) is 0 Å². The highest BCUT2D eigenvalue weighted by atomic mass is 15.2. The Morgan fingerprint density at radius 2 is 2.05 bits per heavy atom. The highest BCUT2D eigenvalue weighted by molar-refractivity contribution is 5.53.